The van der Waals surface area contributed by atoms with E-state index in [4.69, 9.17) is 4.74 Å². The van der Waals surface area contributed by atoms with Gasteiger partial charge in [0.2, 0.25) is 11.8 Å². The molecular weight excluding hydrogens is 598 g/mol. The average molecular weight is 642 g/mol. The van der Waals surface area contributed by atoms with Crippen LogP contribution in [0, 0.1) is 12.8 Å². The molecule has 0 saturated heterocycles. The first-order valence-electron chi connectivity index (χ1n) is 15.6. The summed E-state index contributed by atoms with van der Waals surface area (Å²) in [6, 6.07) is 31.1. The summed E-state index contributed by atoms with van der Waals surface area (Å²) < 4.78 is 35.4. The topological polar surface area (TPSA) is 96.0 Å². The Morgan fingerprint density at radius 1 is 0.804 bits per heavy atom. The molecule has 0 radical (unpaired) electrons. The fourth-order valence-electron chi connectivity index (χ4n) is 5.04. The SMILES string of the molecule is CCOc1ccccc1N(CC(=O)N(Cc1ccc(C)cc1)[C@@H](Cc1ccccc1)C(=O)NCC(C)C)S(=O)(=O)c1ccccc1. The number of nitrogens with one attached hydrogen (secondary N) is 1. The van der Waals surface area contributed by atoms with E-state index in [0.717, 1.165) is 21.0 Å². The molecule has 0 aliphatic heterocycles. The van der Waals surface area contributed by atoms with Crippen molar-refractivity contribution in [3.8, 4) is 5.75 Å². The monoisotopic (exact) mass is 641 g/mol. The van der Waals surface area contributed by atoms with E-state index in [2.05, 4.69) is 5.32 Å². The molecule has 8 nitrogen and oxygen atoms in total. The highest BCUT2D eigenvalue weighted by Gasteiger charge is 2.35. The maximum atomic E-state index is 14.6. The van der Waals surface area contributed by atoms with Crippen molar-refractivity contribution in [2.45, 2.75) is 51.6 Å². The van der Waals surface area contributed by atoms with Gasteiger partial charge in [0.15, 0.2) is 0 Å². The predicted molar refractivity (Wildman–Crippen MR) is 182 cm³/mol. The number of rotatable bonds is 15. The van der Waals surface area contributed by atoms with Gasteiger partial charge < -0.3 is 15.0 Å². The summed E-state index contributed by atoms with van der Waals surface area (Å²) in [5, 5.41) is 3.01. The van der Waals surface area contributed by atoms with Crippen LogP contribution in [0.1, 0.15) is 37.5 Å². The average Bonchev–Trinajstić information content (AvgIpc) is 3.06. The van der Waals surface area contributed by atoms with Crippen molar-refractivity contribution in [2.24, 2.45) is 5.92 Å². The van der Waals surface area contributed by atoms with E-state index >= 15 is 0 Å². The number of nitrogens with zero attached hydrogens (tertiary/aromatic N) is 2. The molecule has 0 aromatic heterocycles. The van der Waals surface area contributed by atoms with Crippen molar-refractivity contribution in [1.29, 1.82) is 0 Å². The van der Waals surface area contributed by atoms with Crippen molar-refractivity contribution in [3.63, 3.8) is 0 Å². The molecule has 0 unspecified atom stereocenters. The van der Waals surface area contributed by atoms with Crippen LogP contribution in [0.4, 0.5) is 5.69 Å². The molecule has 0 aliphatic rings. The molecule has 0 aliphatic carbocycles. The Balaban J connectivity index is 1.82. The van der Waals surface area contributed by atoms with Crippen molar-refractivity contribution >= 4 is 27.5 Å². The molecule has 0 bridgehead atoms. The third-order valence-corrected chi connectivity index (χ3v) is 9.25. The summed E-state index contributed by atoms with van der Waals surface area (Å²) in [7, 11) is -4.22. The number of benzene rings is 4. The maximum Gasteiger partial charge on any atom is 0.264 e. The van der Waals surface area contributed by atoms with E-state index in [1.54, 1.807) is 42.5 Å². The molecule has 2 amide bonds. The Morgan fingerprint density at radius 2 is 1.41 bits per heavy atom. The highest BCUT2D eigenvalue weighted by Crippen LogP contribution is 2.33. The Morgan fingerprint density at radius 3 is 2.04 bits per heavy atom. The minimum atomic E-state index is -4.22. The number of hydrogen-bond acceptors (Lipinski definition) is 5. The second kappa shape index (κ2) is 16.1. The van der Waals surface area contributed by atoms with Crippen LogP contribution >= 0.6 is 0 Å². The molecule has 0 spiro atoms. The van der Waals surface area contributed by atoms with Crippen molar-refractivity contribution in [3.05, 3.63) is 126 Å². The van der Waals surface area contributed by atoms with E-state index in [1.165, 1.54) is 17.0 Å². The number of amides is 2. The van der Waals surface area contributed by atoms with Gasteiger partial charge in [0, 0.05) is 19.5 Å². The summed E-state index contributed by atoms with van der Waals surface area (Å²) in [5.41, 5.74) is 3.00. The van der Waals surface area contributed by atoms with Gasteiger partial charge >= 0.3 is 0 Å². The predicted octanol–water partition coefficient (Wildman–Crippen LogP) is 6.00. The zero-order valence-corrected chi connectivity index (χ0v) is 27.7. The zero-order chi connectivity index (χ0) is 33.1. The molecule has 46 heavy (non-hydrogen) atoms. The van der Waals surface area contributed by atoms with Gasteiger partial charge in [-0.15, -0.1) is 0 Å². The maximum absolute atomic E-state index is 14.6. The van der Waals surface area contributed by atoms with Gasteiger partial charge in [-0.2, -0.15) is 0 Å². The molecular formula is C37H43N3O5S. The normalized spacial score (nSPS) is 11.9. The van der Waals surface area contributed by atoms with Gasteiger partial charge in [0.1, 0.15) is 18.3 Å². The number of hydrogen-bond donors (Lipinski definition) is 1. The number of carbonyl (C=O) groups excluding carboxylic acids is 2. The lowest BCUT2D eigenvalue weighted by Crippen LogP contribution is -2.53. The number of sulfonamides is 1. The van der Waals surface area contributed by atoms with E-state index in [9.17, 15) is 18.0 Å². The van der Waals surface area contributed by atoms with Crippen molar-refractivity contribution in [2.75, 3.05) is 24.0 Å². The standard InChI is InChI=1S/C37H43N3O5S/c1-5-45-35-19-13-12-18-33(35)40(46(43,44)32-16-10-7-11-17-32)27-36(41)39(26-31-22-20-29(4)21-23-31)34(37(42)38-25-28(2)3)24-30-14-8-6-9-15-30/h6-23,28,34H,5,24-27H2,1-4H3,(H,38,42)/t34-/m0/s1. The van der Waals surface area contributed by atoms with Crippen LogP contribution in [0.5, 0.6) is 5.75 Å². The van der Waals surface area contributed by atoms with Crippen LogP contribution in [0.2, 0.25) is 0 Å². The van der Waals surface area contributed by atoms with Gasteiger partial charge in [-0.1, -0.05) is 104 Å². The number of carbonyl (C=O) groups is 2. The smallest absolute Gasteiger partial charge is 0.264 e. The Labute approximate surface area is 273 Å². The Kier molecular flexibility index (Phi) is 12.0. The van der Waals surface area contributed by atoms with E-state index in [1.807, 2.05) is 82.3 Å². The molecule has 4 aromatic rings. The van der Waals surface area contributed by atoms with Crippen LogP contribution < -0.4 is 14.4 Å². The Hall–Kier alpha value is -4.63. The molecule has 9 heteroatoms. The lowest BCUT2D eigenvalue weighted by Gasteiger charge is -2.34. The summed E-state index contributed by atoms with van der Waals surface area (Å²) in [6.45, 7) is 8.10. The van der Waals surface area contributed by atoms with Gasteiger partial charge in [0.25, 0.3) is 10.0 Å². The van der Waals surface area contributed by atoms with Crippen molar-refractivity contribution in [1.82, 2.24) is 10.2 Å². The van der Waals surface area contributed by atoms with Crippen LogP contribution in [-0.4, -0.2) is 50.9 Å². The molecule has 4 rings (SSSR count). The van der Waals surface area contributed by atoms with E-state index < -0.39 is 28.5 Å². The second-order valence-electron chi connectivity index (χ2n) is 11.6. The molecule has 1 atom stereocenters. The van der Waals surface area contributed by atoms with Crippen molar-refractivity contribution < 1.29 is 22.7 Å². The number of anilines is 1. The fourth-order valence-corrected chi connectivity index (χ4v) is 6.49. The quantitative estimate of drug-likeness (QED) is 0.172. The summed E-state index contributed by atoms with van der Waals surface area (Å²) in [6.07, 6.45) is 0.253. The molecule has 4 aromatic carbocycles. The van der Waals surface area contributed by atoms with E-state index in [-0.39, 0.29) is 35.4 Å². The van der Waals surface area contributed by atoms with Gasteiger partial charge in [-0.05, 0) is 55.2 Å². The third-order valence-electron chi connectivity index (χ3n) is 7.47. The van der Waals surface area contributed by atoms with Crippen LogP contribution in [-0.2, 0) is 32.6 Å². The van der Waals surface area contributed by atoms with E-state index in [0.29, 0.717) is 18.9 Å². The van der Waals surface area contributed by atoms with Crippen LogP contribution in [0.25, 0.3) is 0 Å². The zero-order valence-electron chi connectivity index (χ0n) is 26.9. The molecule has 242 valence electrons. The second-order valence-corrected chi connectivity index (χ2v) is 13.4. The minimum Gasteiger partial charge on any atom is -0.492 e. The van der Waals surface area contributed by atoms with Gasteiger partial charge in [-0.3, -0.25) is 13.9 Å². The summed E-state index contributed by atoms with van der Waals surface area (Å²) in [5.74, 6) is -0.292. The lowest BCUT2D eigenvalue weighted by molar-refractivity contribution is -0.140. The fraction of sp³-hybridized carbons (Fsp3) is 0.297. The molecule has 0 saturated carbocycles. The van der Waals surface area contributed by atoms with Crippen LogP contribution in [0.3, 0.4) is 0 Å². The first-order valence-corrected chi connectivity index (χ1v) is 17.0. The van der Waals surface area contributed by atoms with Crippen LogP contribution in [0.15, 0.2) is 114 Å². The minimum absolute atomic E-state index is 0.0368. The van der Waals surface area contributed by atoms with Gasteiger partial charge in [-0.25, -0.2) is 8.42 Å². The first-order chi connectivity index (χ1) is 22.1. The highest BCUT2D eigenvalue weighted by atomic mass is 32.2. The van der Waals surface area contributed by atoms with Gasteiger partial charge in [0.05, 0.1) is 17.2 Å². The largest absolute Gasteiger partial charge is 0.492 e. The number of ether oxygens (including phenoxy) is 1. The first kappa shape index (κ1) is 34.2. The third kappa shape index (κ3) is 8.97. The lowest BCUT2D eigenvalue weighted by atomic mass is 10.0. The summed E-state index contributed by atoms with van der Waals surface area (Å²) in [4.78, 5) is 30.1. The molecule has 0 heterocycles. The Bertz CT molecular complexity index is 1680. The molecule has 0 fully saturated rings. The number of aryl methyl sites for hydroxylation is 1. The highest BCUT2D eigenvalue weighted by molar-refractivity contribution is 7.92. The molecule has 1 N–H and O–H groups in total. The number of para-hydroxylation sites is 2. The summed E-state index contributed by atoms with van der Waals surface area (Å²) >= 11 is 0.